The van der Waals surface area contributed by atoms with Crippen molar-refractivity contribution in [2.24, 2.45) is 0 Å². The zero-order valence-electron chi connectivity index (χ0n) is 11.4. The van der Waals surface area contributed by atoms with Gasteiger partial charge in [0.15, 0.2) is 0 Å². The standard InChI is InChI=1S/C15H14INO4/c1-2-9-20-15-10-13(7-8-14(15)17(18)19)21-12-5-3-11(16)4-6-12/h3-8,10H,2,9H2,1H3. The summed E-state index contributed by atoms with van der Waals surface area (Å²) >= 11 is 2.21. The highest BCUT2D eigenvalue weighted by atomic mass is 127. The van der Waals surface area contributed by atoms with Gasteiger partial charge >= 0.3 is 5.69 Å². The van der Waals surface area contributed by atoms with E-state index in [0.29, 0.717) is 18.1 Å². The Balaban J connectivity index is 2.23. The molecule has 0 fully saturated rings. The van der Waals surface area contributed by atoms with E-state index in [0.717, 1.165) is 9.99 Å². The second kappa shape index (κ2) is 7.26. The highest BCUT2D eigenvalue weighted by molar-refractivity contribution is 14.1. The monoisotopic (exact) mass is 399 g/mol. The quantitative estimate of drug-likeness (QED) is 0.399. The molecule has 0 heterocycles. The molecule has 0 aliphatic carbocycles. The summed E-state index contributed by atoms with van der Waals surface area (Å²) < 4.78 is 12.2. The maximum absolute atomic E-state index is 11.0. The van der Waals surface area contributed by atoms with Gasteiger partial charge in [0.05, 0.1) is 11.5 Å². The zero-order valence-corrected chi connectivity index (χ0v) is 13.6. The number of nitrogens with zero attached hydrogens (tertiary/aromatic N) is 1. The lowest BCUT2D eigenvalue weighted by atomic mass is 10.2. The van der Waals surface area contributed by atoms with Crippen LogP contribution in [0.3, 0.4) is 0 Å². The molecule has 0 atom stereocenters. The Morgan fingerprint density at radius 2 is 1.81 bits per heavy atom. The summed E-state index contributed by atoms with van der Waals surface area (Å²) in [6.45, 7) is 2.37. The highest BCUT2D eigenvalue weighted by Gasteiger charge is 2.16. The van der Waals surface area contributed by atoms with Gasteiger partial charge in [-0.25, -0.2) is 0 Å². The number of ether oxygens (including phenoxy) is 2. The van der Waals surface area contributed by atoms with Gasteiger partial charge in [0.2, 0.25) is 5.75 Å². The minimum Gasteiger partial charge on any atom is -0.487 e. The van der Waals surface area contributed by atoms with Gasteiger partial charge < -0.3 is 9.47 Å². The van der Waals surface area contributed by atoms with E-state index >= 15 is 0 Å². The van der Waals surface area contributed by atoms with Crippen LogP contribution in [0.1, 0.15) is 13.3 Å². The van der Waals surface area contributed by atoms with Crippen LogP contribution >= 0.6 is 22.6 Å². The molecule has 2 rings (SSSR count). The number of nitro benzene ring substituents is 1. The van der Waals surface area contributed by atoms with Crippen LogP contribution in [0.15, 0.2) is 42.5 Å². The van der Waals surface area contributed by atoms with E-state index in [1.54, 1.807) is 12.1 Å². The molecule has 0 aromatic heterocycles. The van der Waals surface area contributed by atoms with E-state index in [-0.39, 0.29) is 11.4 Å². The first-order chi connectivity index (χ1) is 10.1. The normalized spacial score (nSPS) is 10.2. The van der Waals surface area contributed by atoms with E-state index in [9.17, 15) is 10.1 Å². The topological polar surface area (TPSA) is 61.6 Å². The summed E-state index contributed by atoms with van der Waals surface area (Å²) in [5.41, 5.74) is -0.0570. The molecule has 0 aliphatic heterocycles. The molecule has 0 bridgehead atoms. The Labute approximate surface area is 136 Å². The van der Waals surface area contributed by atoms with Crippen LogP contribution in [-0.4, -0.2) is 11.5 Å². The molecular formula is C15H14INO4. The minimum absolute atomic E-state index is 0.0570. The summed E-state index contributed by atoms with van der Waals surface area (Å²) in [5.74, 6) is 1.41. The molecule has 110 valence electrons. The second-order valence-electron chi connectivity index (χ2n) is 4.29. The molecule has 0 saturated heterocycles. The average Bonchev–Trinajstić information content (AvgIpc) is 2.47. The summed E-state index contributed by atoms with van der Waals surface area (Å²) in [6, 6.07) is 12.0. The summed E-state index contributed by atoms with van der Waals surface area (Å²) in [6.07, 6.45) is 0.777. The van der Waals surface area contributed by atoms with Gasteiger partial charge in [-0.15, -0.1) is 0 Å². The Morgan fingerprint density at radius 3 is 2.43 bits per heavy atom. The molecule has 0 radical (unpaired) electrons. The molecule has 2 aromatic carbocycles. The molecule has 0 unspecified atom stereocenters. The molecule has 0 aliphatic rings. The second-order valence-corrected chi connectivity index (χ2v) is 5.54. The average molecular weight is 399 g/mol. The Bertz CT molecular complexity index is 628. The van der Waals surface area contributed by atoms with Gasteiger partial charge in [-0.2, -0.15) is 0 Å². The number of benzene rings is 2. The van der Waals surface area contributed by atoms with Gasteiger partial charge in [-0.1, -0.05) is 6.92 Å². The number of hydrogen-bond donors (Lipinski definition) is 0. The van der Waals surface area contributed by atoms with Crippen molar-refractivity contribution in [1.29, 1.82) is 0 Å². The van der Waals surface area contributed by atoms with Crippen molar-refractivity contribution in [3.05, 3.63) is 56.1 Å². The largest absolute Gasteiger partial charge is 0.487 e. The predicted molar refractivity (Wildman–Crippen MR) is 88.1 cm³/mol. The van der Waals surface area contributed by atoms with E-state index in [2.05, 4.69) is 22.6 Å². The van der Waals surface area contributed by atoms with E-state index in [1.165, 1.54) is 6.07 Å². The van der Waals surface area contributed by atoms with Crippen LogP contribution in [0, 0.1) is 13.7 Å². The third-order valence-corrected chi connectivity index (χ3v) is 3.36. The van der Waals surface area contributed by atoms with Gasteiger partial charge in [0, 0.05) is 15.7 Å². The van der Waals surface area contributed by atoms with Crippen LogP contribution in [0.4, 0.5) is 5.69 Å². The fraction of sp³-hybridized carbons (Fsp3) is 0.200. The lowest BCUT2D eigenvalue weighted by Crippen LogP contribution is -1.99. The molecule has 5 nitrogen and oxygen atoms in total. The van der Waals surface area contributed by atoms with Gasteiger partial charge in [0.1, 0.15) is 11.5 Å². The predicted octanol–water partition coefficient (Wildman–Crippen LogP) is 4.78. The molecular weight excluding hydrogens is 385 g/mol. The molecule has 0 amide bonds. The van der Waals surface area contributed by atoms with Crippen molar-refractivity contribution >= 4 is 28.3 Å². The third kappa shape index (κ3) is 4.32. The zero-order chi connectivity index (χ0) is 15.2. The van der Waals surface area contributed by atoms with Gasteiger partial charge in [0.25, 0.3) is 0 Å². The van der Waals surface area contributed by atoms with Crippen LogP contribution in [0.5, 0.6) is 17.2 Å². The van der Waals surface area contributed by atoms with Gasteiger partial charge in [-0.3, -0.25) is 10.1 Å². The van der Waals surface area contributed by atoms with Crippen LogP contribution < -0.4 is 9.47 Å². The third-order valence-electron chi connectivity index (χ3n) is 2.64. The van der Waals surface area contributed by atoms with Crippen LogP contribution in [0.25, 0.3) is 0 Å². The fourth-order valence-corrected chi connectivity index (χ4v) is 2.03. The van der Waals surface area contributed by atoms with Crippen molar-refractivity contribution in [3.8, 4) is 17.2 Å². The van der Waals surface area contributed by atoms with Crippen molar-refractivity contribution in [2.75, 3.05) is 6.61 Å². The van der Waals surface area contributed by atoms with Crippen molar-refractivity contribution < 1.29 is 14.4 Å². The fourth-order valence-electron chi connectivity index (χ4n) is 1.68. The molecule has 21 heavy (non-hydrogen) atoms. The van der Waals surface area contributed by atoms with Crippen LogP contribution in [-0.2, 0) is 0 Å². The van der Waals surface area contributed by atoms with Gasteiger partial charge in [-0.05, 0) is 59.3 Å². The summed E-state index contributed by atoms with van der Waals surface area (Å²) in [4.78, 5) is 10.5. The SMILES string of the molecule is CCCOc1cc(Oc2ccc(I)cc2)ccc1[N+](=O)[O-]. The van der Waals surface area contributed by atoms with Crippen molar-refractivity contribution in [1.82, 2.24) is 0 Å². The van der Waals surface area contributed by atoms with Crippen molar-refractivity contribution in [3.63, 3.8) is 0 Å². The van der Waals surface area contributed by atoms with E-state index in [1.807, 2.05) is 31.2 Å². The Kier molecular flexibility index (Phi) is 5.38. The van der Waals surface area contributed by atoms with E-state index < -0.39 is 4.92 Å². The first-order valence-electron chi connectivity index (χ1n) is 6.45. The molecule has 0 spiro atoms. The number of hydrogen-bond acceptors (Lipinski definition) is 4. The van der Waals surface area contributed by atoms with Crippen LogP contribution in [0.2, 0.25) is 0 Å². The minimum atomic E-state index is -0.459. The summed E-state index contributed by atoms with van der Waals surface area (Å²) in [7, 11) is 0. The highest BCUT2D eigenvalue weighted by Crippen LogP contribution is 2.33. The maximum Gasteiger partial charge on any atom is 0.311 e. The molecule has 6 heteroatoms. The number of halogens is 1. The Hall–Kier alpha value is -1.83. The maximum atomic E-state index is 11.0. The first kappa shape index (κ1) is 15.6. The lowest BCUT2D eigenvalue weighted by molar-refractivity contribution is -0.385. The lowest BCUT2D eigenvalue weighted by Gasteiger charge is -2.09. The molecule has 2 aromatic rings. The number of nitro groups is 1. The summed E-state index contributed by atoms with van der Waals surface area (Å²) in [5, 5.41) is 11.0. The molecule has 0 saturated carbocycles. The first-order valence-corrected chi connectivity index (χ1v) is 7.52. The smallest absolute Gasteiger partial charge is 0.311 e. The number of rotatable bonds is 6. The Morgan fingerprint density at radius 1 is 1.14 bits per heavy atom. The van der Waals surface area contributed by atoms with Crippen molar-refractivity contribution in [2.45, 2.75) is 13.3 Å². The molecule has 0 N–H and O–H groups in total. The van der Waals surface area contributed by atoms with E-state index in [4.69, 9.17) is 9.47 Å².